The summed E-state index contributed by atoms with van der Waals surface area (Å²) in [6, 6.07) is 14.5. The molecule has 0 aliphatic carbocycles. The Kier molecular flexibility index (Phi) is 4.13. The summed E-state index contributed by atoms with van der Waals surface area (Å²) in [6.45, 7) is 3.67. The molecule has 0 saturated heterocycles. The maximum absolute atomic E-state index is 13.6. The molecule has 0 aliphatic rings. The second-order valence-electron chi connectivity index (χ2n) is 5.80. The molecule has 0 radical (unpaired) electrons. The number of halogens is 1. The number of nitrogens with one attached hydrogen (secondary N) is 1. The van der Waals surface area contributed by atoms with E-state index in [0.717, 1.165) is 28.1 Å². The van der Waals surface area contributed by atoms with Crippen LogP contribution in [0.1, 0.15) is 16.8 Å². The maximum atomic E-state index is 13.6. The lowest BCUT2D eigenvalue weighted by molar-refractivity contribution is 0.619. The third kappa shape index (κ3) is 2.91. The van der Waals surface area contributed by atoms with Gasteiger partial charge in [-0.1, -0.05) is 12.1 Å². The first-order chi connectivity index (χ1) is 11.5. The average Bonchev–Trinajstić information content (AvgIpc) is 2.58. The van der Waals surface area contributed by atoms with E-state index in [2.05, 4.69) is 4.98 Å². The van der Waals surface area contributed by atoms with Gasteiger partial charge in [0.25, 0.3) is 0 Å². The predicted molar refractivity (Wildman–Crippen MR) is 96.8 cm³/mol. The molecule has 2 aromatic carbocycles. The topological polar surface area (TPSA) is 62.8 Å². The van der Waals surface area contributed by atoms with E-state index >= 15 is 0 Å². The van der Waals surface area contributed by atoms with Crippen molar-refractivity contribution in [2.24, 2.45) is 0 Å². The number of hydrogen-bond acceptors (Lipinski definition) is 3. The number of pyridine rings is 1. The number of hydrogen-bond donors (Lipinski definition) is 2. The summed E-state index contributed by atoms with van der Waals surface area (Å²) in [6.07, 6.45) is 1.24. The van der Waals surface area contributed by atoms with E-state index in [1.165, 1.54) is 12.3 Å². The second-order valence-corrected chi connectivity index (χ2v) is 5.80. The molecule has 3 N–H and O–H groups in total. The molecule has 1 aromatic heterocycles. The molecule has 0 bridgehead atoms. The minimum absolute atomic E-state index is 0.230. The van der Waals surface area contributed by atoms with E-state index in [1.807, 2.05) is 31.2 Å². The van der Waals surface area contributed by atoms with Gasteiger partial charge in [0.1, 0.15) is 5.82 Å². The summed E-state index contributed by atoms with van der Waals surface area (Å²) in [5.41, 5.74) is 12.1. The SMILES string of the molecule is Cc1ccc(-c2ccc(N)c(C=N)c2)c(-c2ccc(F)c(C)c2)n1. The molecule has 0 unspecified atom stereocenters. The summed E-state index contributed by atoms with van der Waals surface area (Å²) in [5.74, 6) is -0.230. The van der Waals surface area contributed by atoms with Crippen LogP contribution in [0.25, 0.3) is 22.4 Å². The van der Waals surface area contributed by atoms with Gasteiger partial charge in [-0.2, -0.15) is 0 Å². The van der Waals surface area contributed by atoms with Crippen LogP contribution in [0.15, 0.2) is 48.5 Å². The minimum atomic E-state index is -0.230. The van der Waals surface area contributed by atoms with Gasteiger partial charge in [-0.25, -0.2) is 4.39 Å². The molecule has 0 aliphatic heterocycles. The van der Waals surface area contributed by atoms with E-state index < -0.39 is 0 Å². The lowest BCUT2D eigenvalue weighted by Crippen LogP contribution is -1.96. The van der Waals surface area contributed by atoms with Crippen molar-refractivity contribution in [1.29, 1.82) is 5.41 Å². The molecule has 0 atom stereocenters. The summed E-state index contributed by atoms with van der Waals surface area (Å²) < 4.78 is 13.6. The average molecular weight is 319 g/mol. The third-order valence-corrected chi connectivity index (χ3v) is 4.02. The van der Waals surface area contributed by atoms with Gasteiger partial charge in [0.2, 0.25) is 0 Å². The third-order valence-electron chi connectivity index (χ3n) is 4.02. The molecule has 120 valence electrons. The Hall–Kier alpha value is -3.01. The number of nitrogens with two attached hydrogens (primary N) is 1. The minimum Gasteiger partial charge on any atom is -0.398 e. The first kappa shape index (κ1) is 15.9. The van der Waals surface area contributed by atoms with Gasteiger partial charge in [0.15, 0.2) is 0 Å². The van der Waals surface area contributed by atoms with Crippen molar-refractivity contribution in [3.05, 3.63) is 71.2 Å². The van der Waals surface area contributed by atoms with Crippen molar-refractivity contribution in [1.82, 2.24) is 4.98 Å². The quantitative estimate of drug-likeness (QED) is 0.540. The van der Waals surface area contributed by atoms with Crippen LogP contribution in [0, 0.1) is 25.1 Å². The number of aromatic nitrogens is 1. The van der Waals surface area contributed by atoms with Crippen molar-refractivity contribution in [3.8, 4) is 22.4 Å². The highest BCUT2D eigenvalue weighted by atomic mass is 19.1. The fourth-order valence-corrected chi connectivity index (χ4v) is 2.67. The van der Waals surface area contributed by atoms with Gasteiger partial charge < -0.3 is 11.1 Å². The zero-order valence-corrected chi connectivity index (χ0v) is 13.6. The van der Waals surface area contributed by atoms with Gasteiger partial charge in [0, 0.05) is 34.3 Å². The second kappa shape index (κ2) is 6.24. The van der Waals surface area contributed by atoms with Gasteiger partial charge >= 0.3 is 0 Å². The Morgan fingerprint density at radius 2 is 1.75 bits per heavy atom. The summed E-state index contributed by atoms with van der Waals surface area (Å²) in [4.78, 5) is 4.66. The summed E-state index contributed by atoms with van der Waals surface area (Å²) >= 11 is 0. The lowest BCUT2D eigenvalue weighted by atomic mass is 9.96. The van der Waals surface area contributed by atoms with Crippen LogP contribution in [0.5, 0.6) is 0 Å². The number of rotatable bonds is 3. The number of anilines is 1. The van der Waals surface area contributed by atoms with Gasteiger partial charge in [-0.3, -0.25) is 4.98 Å². The Balaban J connectivity index is 2.22. The zero-order chi connectivity index (χ0) is 17.3. The smallest absolute Gasteiger partial charge is 0.126 e. The van der Waals surface area contributed by atoms with E-state index in [0.29, 0.717) is 16.8 Å². The number of benzene rings is 2. The number of nitrogens with zero attached hydrogens (tertiary/aromatic N) is 1. The molecule has 3 rings (SSSR count). The van der Waals surface area contributed by atoms with Crippen molar-refractivity contribution in [3.63, 3.8) is 0 Å². The van der Waals surface area contributed by atoms with Crippen molar-refractivity contribution in [2.45, 2.75) is 13.8 Å². The number of aryl methyl sites for hydroxylation is 2. The van der Waals surface area contributed by atoms with Crippen LogP contribution in [0.4, 0.5) is 10.1 Å². The molecule has 1 heterocycles. The highest BCUT2D eigenvalue weighted by Crippen LogP contribution is 2.32. The fourth-order valence-electron chi connectivity index (χ4n) is 2.67. The Morgan fingerprint density at radius 1 is 1.00 bits per heavy atom. The normalized spacial score (nSPS) is 10.6. The molecule has 0 fully saturated rings. The molecular weight excluding hydrogens is 301 g/mol. The maximum Gasteiger partial charge on any atom is 0.126 e. The van der Waals surface area contributed by atoms with Gasteiger partial charge in [0.05, 0.1) is 5.69 Å². The largest absolute Gasteiger partial charge is 0.398 e. The Labute approximate surface area is 140 Å². The fraction of sp³-hybridized carbons (Fsp3) is 0.100. The first-order valence-corrected chi connectivity index (χ1v) is 7.64. The first-order valence-electron chi connectivity index (χ1n) is 7.64. The van der Waals surface area contributed by atoms with E-state index in [-0.39, 0.29) is 5.82 Å². The standard InChI is InChI=1S/C20H18FN3/c1-12-9-15(4-7-18(12)21)20-17(6-3-13(2)24-20)14-5-8-19(23)16(10-14)11-22/h3-11,22H,23H2,1-2H3. The monoisotopic (exact) mass is 319 g/mol. The number of nitrogen functional groups attached to an aromatic ring is 1. The molecular formula is C20H18FN3. The van der Waals surface area contributed by atoms with Crippen LogP contribution >= 0.6 is 0 Å². The molecule has 0 amide bonds. The lowest BCUT2D eigenvalue weighted by Gasteiger charge is -2.12. The van der Waals surface area contributed by atoms with Crippen LogP contribution in [-0.4, -0.2) is 11.2 Å². The summed E-state index contributed by atoms with van der Waals surface area (Å²) in [7, 11) is 0. The highest BCUT2D eigenvalue weighted by molar-refractivity contribution is 5.90. The van der Waals surface area contributed by atoms with Gasteiger partial charge in [-0.05, 0) is 61.4 Å². The Bertz CT molecular complexity index is 932. The van der Waals surface area contributed by atoms with Crippen molar-refractivity contribution in [2.75, 3.05) is 5.73 Å². The molecule has 24 heavy (non-hydrogen) atoms. The van der Waals surface area contributed by atoms with E-state index in [1.54, 1.807) is 25.1 Å². The van der Waals surface area contributed by atoms with Gasteiger partial charge in [-0.15, -0.1) is 0 Å². The molecule has 3 aromatic rings. The predicted octanol–water partition coefficient (Wildman–Crippen LogP) is 4.75. The van der Waals surface area contributed by atoms with E-state index in [9.17, 15) is 4.39 Å². The van der Waals surface area contributed by atoms with Crippen molar-refractivity contribution >= 4 is 11.9 Å². The highest BCUT2D eigenvalue weighted by Gasteiger charge is 2.12. The zero-order valence-electron chi connectivity index (χ0n) is 13.6. The molecule has 3 nitrogen and oxygen atoms in total. The van der Waals surface area contributed by atoms with Crippen LogP contribution in [0.3, 0.4) is 0 Å². The molecule has 4 heteroatoms. The van der Waals surface area contributed by atoms with Crippen LogP contribution < -0.4 is 5.73 Å². The summed E-state index contributed by atoms with van der Waals surface area (Å²) in [5, 5.41) is 7.48. The Morgan fingerprint density at radius 3 is 2.46 bits per heavy atom. The van der Waals surface area contributed by atoms with Crippen LogP contribution in [-0.2, 0) is 0 Å². The molecule has 0 spiro atoms. The molecule has 0 saturated carbocycles. The van der Waals surface area contributed by atoms with E-state index in [4.69, 9.17) is 11.1 Å². The van der Waals surface area contributed by atoms with Crippen LogP contribution in [0.2, 0.25) is 0 Å². The van der Waals surface area contributed by atoms with Crippen molar-refractivity contribution < 1.29 is 4.39 Å².